The van der Waals surface area contributed by atoms with Gasteiger partial charge in [-0.25, -0.2) is 0 Å². The Labute approximate surface area is 107 Å². The monoisotopic (exact) mass is 233 g/mol. The lowest BCUT2D eigenvalue weighted by atomic mass is 10.00. The zero-order chi connectivity index (χ0) is 12.5. The van der Waals surface area contributed by atoms with E-state index in [2.05, 4.69) is 56.0 Å². The van der Waals surface area contributed by atoms with Crippen LogP contribution in [-0.2, 0) is 6.54 Å². The van der Waals surface area contributed by atoms with Crippen molar-refractivity contribution in [3.05, 3.63) is 35.9 Å². The summed E-state index contributed by atoms with van der Waals surface area (Å²) in [7, 11) is 0. The van der Waals surface area contributed by atoms with Gasteiger partial charge in [0.1, 0.15) is 0 Å². The molecule has 17 heavy (non-hydrogen) atoms. The summed E-state index contributed by atoms with van der Waals surface area (Å²) in [6, 6.07) is 10.8. The summed E-state index contributed by atoms with van der Waals surface area (Å²) in [4.78, 5) is 2.57. The van der Waals surface area contributed by atoms with Gasteiger partial charge in [0, 0.05) is 13.1 Å². The van der Waals surface area contributed by atoms with E-state index in [0.717, 1.165) is 12.5 Å². The number of benzene rings is 1. The molecule has 0 aliphatic carbocycles. The molecule has 1 saturated heterocycles. The predicted molar refractivity (Wildman–Crippen MR) is 76.1 cm³/mol. The van der Waals surface area contributed by atoms with E-state index < -0.39 is 0 Å². The molecule has 0 aromatic heterocycles. The molecule has 1 heterocycles. The average molecular weight is 233 g/mol. The van der Waals surface area contributed by atoms with Crippen molar-refractivity contribution < 1.29 is 0 Å². The minimum absolute atomic E-state index is 0.882. The molecule has 1 atom stereocenters. The Bertz CT molecular complexity index is 281. The highest BCUT2D eigenvalue weighted by molar-refractivity contribution is 5.14. The predicted octanol–water partition coefficient (Wildman–Crippen LogP) is 4.33. The van der Waals surface area contributed by atoms with Gasteiger partial charge < -0.3 is 0 Å². The van der Waals surface area contributed by atoms with Crippen LogP contribution in [0.5, 0.6) is 0 Å². The third kappa shape index (κ3) is 5.88. The Morgan fingerprint density at radius 2 is 1.82 bits per heavy atom. The van der Waals surface area contributed by atoms with Gasteiger partial charge in [-0.1, -0.05) is 57.5 Å². The molecule has 1 aromatic carbocycles. The normalized spacial score (nSPS) is 20.5. The zero-order valence-corrected chi connectivity index (χ0v) is 11.7. The Hall–Kier alpha value is -0.820. The first-order chi connectivity index (χ1) is 8.26. The first-order valence-corrected chi connectivity index (χ1v) is 7.02. The van der Waals surface area contributed by atoms with E-state index in [1.807, 2.05) is 0 Å². The van der Waals surface area contributed by atoms with Crippen LogP contribution in [0.15, 0.2) is 30.3 Å². The molecular weight excluding hydrogens is 206 g/mol. The first kappa shape index (κ1) is 14.2. The maximum Gasteiger partial charge on any atom is 0.0233 e. The van der Waals surface area contributed by atoms with E-state index in [-0.39, 0.29) is 0 Å². The van der Waals surface area contributed by atoms with Gasteiger partial charge in [-0.2, -0.15) is 0 Å². The largest absolute Gasteiger partial charge is 0.299 e. The Morgan fingerprint density at radius 3 is 2.41 bits per heavy atom. The lowest BCUT2D eigenvalue weighted by molar-refractivity contribution is 0.176. The zero-order valence-electron chi connectivity index (χ0n) is 11.7. The summed E-state index contributed by atoms with van der Waals surface area (Å²) in [5.41, 5.74) is 1.45. The van der Waals surface area contributed by atoms with Crippen LogP contribution in [0.3, 0.4) is 0 Å². The molecular formula is C16H27N. The van der Waals surface area contributed by atoms with Crippen molar-refractivity contribution in [3.63, 3.8) is 0 Å². The first-order valence-electron chi connectivity index (χ1n) is 7.02. The van der Waals surface area contributed by atoms with Gasteiger partial charge in [-0.3, -0.25) is 4.90 Å². The van der Waals surface area contributed by atoms with Crippen molar-refractivity contribution >= 4 is 0 Å². The van der Waals surface area contributed by atoms with E-state index in [9.17, 15) is 0 Å². The van der Waals surface area contributed by atoms with Crippen molar-refractivity contribution in [3.8, 4) is 0 Å². The number of likely N-dealkylation sites (tertiary alicyclic amines) is 1. The second-order valence-electron chi connectivity index (χ2n) is 5.18. The fraction of sp³-hybridized carbons (Fsp3) is 0.625. The molecule has 0 amide bonds. The topological polar surface area (TPSA) is 3.24 Å². The minimum Gasteiger partial charge on any atom is -0.299 e. The third-order valence-electron chi connectivity index (χ3n) is 2.99. The second kappa shape index (κ2) is 8.30. The van der Waals surface area contributed by atoms with Crippen LogP contribution in [0, 0.1) is 5.92 Å². The summed E-state index contributed by atoms with van der Waals surface area (Å²) in [5, 5.41) is 0. The number of hydrogen-bond donors (Lipinski definition) is 0. The number of piperidine rings is 1. The molecule has 1 unspecified atom stereocenters. The molecule has 1 aliphatic heterocycles. The van der Waals surface area contributed by atoms with Gasteiger partial charge in [0.05, 0.1) is 0 Å². The summed E-state index contributed by atoms with van der Waals surface area (Å²) in [5.74, 6) is 0.882. The third-order valence-corrected chi connectivity index (χ3v) is 2.99. The van der Waals surface area contributed by atoms with Gasteiger partial charge in [-0.15, -0.1) is 0 Å². The second-order valence-corrected chi connectivity index (χ2v) is 5.18. The fourth-order valence-corrected chi connectivity index (χ4v) is 2.27. The fourth-order valence-electron chi connectivity index (χ4n) is 2.27. The summed E-state index contributed by atoms with van der Waals surface area (Å²) >= 11 is 0. The van der Waals surface area contributed by atoms with Crippen LogP contribution in [0.1, 0.15) is 45.6 Å². The molecule has 1 aromatic rings. The van der Waals surface area contributed by atoms with Gasteiger partial charge in [-0.05, 0) is 30.9 Å². The molecule has 1 aliphatic rings. The van der Waals surface area contributed by atoms with Crippen LogP contribution in [0.25, 0.3) is 0 Å². The molecule has 0 spiro atoms. The van der Waals surface area contributed by atoms with E-state index in [0.29, 0.717) is 0 Å². The maximum atomic E-state index is 2.57. The van der Waals surface area contributed by atoms with E-state index in [1.165, 1.54) is 37.9 Å². The van der Waals surface area contributed by atoms with Gasteiger partial charge >= 0.3 is 0 Å². The Balaban J connectivity index is 0.000000437. The van der Waals surface area contributed by atoms with Gasteiger partial charge in [0.2, 0.25) is 0 Å². The van der Waals surface area contributed by atoms with Crippen molar-refractivity contribution in [1.82, 2.24) is 4.90 Å². The van der Waals surface area contributed by atoms with E-state index in [4.69, 9.17) is 0 Å². The lowest BCUT2D eigenvalue weighted by Crippen LogP contribution is -2.33. The standard InChI is InChI=1S/C13H19N.C3H8/c1-12-6-5-9-14(10-12)11-13-7-3-2-4-8-13;1-3-2/h2-4,7-8,12H,5-6,9-11H2,1H3;3H2,1-2H3. The SMILES string of the molecule is CC1CCCN(Cc2ccccc2)C1.CCC. The van der Waals surface area contributed by atoms with Crippen molar-refractivity contribution in [1.29, 1.82) is 0 Å². The molecule has 1 nitrogen and oxygen atoms in total. The quantitative estimate of drug-likeness (QED) is 0.734. The highest BCUT2D eigenvalue weighted by Crippen LogP contribution is 2.17. The molecule has 96 valence electrons. The van der Waals surface area contributed by atoms with Gasteiger partial charge in [0.25, 0.3) is 0 Å². The highest BCUT2D eigenvalue weighted by atomic mass is 15.1. The molecule has 1 heteroatoms. The number of nitrogens with zero attached hydrogens (tertiary/aromatic N) is 1. The maximum absolute atomic E-state index is 2.57. The van der Waals surface area contributed by atoms with Crippen LogP contribution >= 0.6 is 0 Å². The van der Waals surface area contributed by atoms with Gasteiger partial charge in [0.15, 0.2) is 0 Å². The molecule has 1 fully saturated rings. The minimum atomic E-state index is 0.882. The lowest BCUT2D eigenvalue weighted by Gasteiger charge is -2.30. The average Bonchev–Trinajstić information content (AvgIpc) is 2.31. The van der Waals surface area contributed by atoms with Crippen molar-refractivity contribution in [2.24, 2.45) is 5.92 Å². The summed E-state index contributed by atoms with van der Waals surface area (Å²) < 4.78 is 0. The summed E-state index contributed by atoms with van der Waals surface area (Å²) in [6.45, 7) is 10.3. The molecule has 0 N–H and O–H groups in total. The molecule has 0 bridgehead atoms. The molecule has 0 radical (unpaired) electrons. The molecule has 2 rings (SSSR count). The van der Waals surface area contributed by atoms with Crippen LogP contribution < -0.4 is 0 Å². The number of rotatable bonds is 2. The van der Waals surface area contributed by atoms with Crippen molar-refractivity contribution in [2.45, 2.75) is 46.6 Å². The Morgan fingerprint density at radius 1 is 1.18 bits per heavy atom. The van der Waals surface area contributed by atoms with Crippen LogP contribution in [0.2, 0.25) is 0 Å². The van der Waals surface area contributed by atoms with Crippen molar-refractivity contribution in [2.75, 3.05) is 13.1 Å². The van der Waals surface area contributed by atoms with E-state index >= 15 is 0 Å². The Kier molecular flexibility index (Phi) is 6.95. The number of hydrogen-bond acceptors (Lipinski definition) is 1. The highest BCUT2D eigenvalue weighted by Gasteiger charge is 2.15. The smallest absolute Gasteiger partial charge is 0.0233 e. The van der Waals surface area contributed by atoms with Crippen LogP contribution in [-0.4, -0.2) is 18.0 Å². The molecule has 0 saturated carbocycles. The van der Waals surface area contributed by atoms with E-state index in [1.54, 1.807) is 0 Å². The summed E-state index contributed by atoms with van der Waals surface area (Å²) in [6.07, 6.45) is 4.03. The van der Waals surface area contributed by atoms with Crippen LogP contribution in [0.4, 0.5) is 0 Å².